The maximum absolute atomic E-state index is 10.3. The maximum atomic E-state index is 10.3. The second-order valence-electron chi connectivity index (χ2n) is 1.99. The summed E-state index contributed by atoms with van der Waals surface area (Å²) in [5.74, 6) is -0.912. The summed E-state index contributed by atoms with van der Waals surface area (Å²) in [6.45, 7) is 1.76. The van der Waals surface area contributed by atoms with E-state index in [1.165, 1.54) is 18.3 Å². The van der Waals surface area contributed by atoms with Gasteiger partial charge in [0, 0.05) is 11.9 Å². The molecule has 0 fully saturated rings. The van der Waals surface area contributed by atoms with Crippen molar-refractivity contribution < 1.29 is 9.90 Å². The van der Waals surface area contributed by atoms with E-state index in [0.29, 0.717) is 0 Å². The van der Waals surface area contributed by atoms with Crippen molar-refractivity contribution in [3.05, 3.63) is 29.6 Å². The van der Waals surface area contributed by atoms with Crippen molar-refractivity contribution in [3.8, 4) is 0 Å². The number of rotatable bonds is 1. The molecule has 0 saturated heterocycles. The van der Waals surface area contributed by atoms with Crippen LogP contribution in [-0.4, -0.2) is 16.1 Å². The fourth-order valence-corrected chi connectivity index (χ4v) is 0.679. The van der Waals surface area contributed by atoms with Crippen LogP contribution in [0.15, 0.2) is 18.3 Å². The molecule has 0 unspecified atom stereocenters. The number of nitrogens with zero attached hydrogens (tertiary/aromatic N) is 1. The minimum Gasteiger partial charge on any atom is -0.478 e. The standard InChI is InChI=1S/C7H7NO2.ClH/c1-5-4-6(7(9)10)2-3-8-5;/h2-4H,1H3,(H,9,10);1H. The second kappa shape index (κ2) is 3.93. The molecule has 0 aromatic carbocycles. The molecule has 0 amide bonds. The molecule has 0 spiro atoms. The lowest BCUT2D eigenvalue weighted by atomic mass is 10.2. The molecule has 0 aliphatic rings. The van der Waals surface area contributed by atoms with Gasteiger partial charge in [-0.05, 0) is 19.1 Å². The molecular weight excluding hydrogens is 166 g/mol. The van der Waals surface area contributed by atoms with E-state index in [0.717, 1.165) is 5.69 Å². The quantitative estimate of drug-likeness (QED) is 0.701. The van der Waals surface area contributed by atoms with Crippen LogP contribution in [0.2, 0.25) is 0 Å². The van der Waals surface area contributed by atoms with Crippen LogP contribution in [0.5, 0.6) is 0 Å². The highest BCUT2D eigenvalue weighted by Crippen LogP contribution is 1.99. The molecule has 4 heteroatoms. The number of halogens is 1. The van der Waals surface area contributed by atoms with Gasteiger partial charge in [-0.2, -0.15) is 0 Å². The molecule has 1 heterocycles. The summed E-state index contributed by atoms with van der Waals surface area (Å²) in [6, 6.07) is 3.00. The third-order valence-electron chi connectivity index (χ3n) is 1.14. The lowest BCUT2D eigenvalue weighted by molar-refractivity contribution is 0.0696. The van der Waals surface area contributed by atoms with Gasteiger partial charge in [0.25, 0.3) is 0 Å². The van der Waals surface area contributed by atoms with E-state index in [4.69, 9.17) is 5.11 Å². The first kappa shape index (κ1) is 9.91. The van der Waals surface area contributed by atoms with Crippen LogP contribution in [0.25, 0.3) is 0 Å². The van der Waals surface area contributed by atoms with E-state index in [1.807, 2.05) is 0 Å². The normalized spacial score (nSPS) is 8.45. The van der Waals surface area contributed by atoms with Crippen molar-refractivity contribution in [1.29, 1.82) is 0 Å². The summed E-state index contributed by atoms with van der Waals surface area (Å²) < 4.78 is 0. The summed E-state index contributed by atoms with van der Waals surface area (Å²) in [5, 5.41) is 8.48. The van der Waals surface area contributed by atoms with E-state index in [1.54, 1.807) is 6.92 Å². The smallest absolute Gasteiger partial charge is 0.335 e. The molecule has 1 aromatic rings. The molecular formula is C7H8ClNO2. The number of aromatic nitrogens is 1. The molecule has 0 bridgehead atoms. The molecule has 1 aromatic heterocycles. The fourth-order valence-electron chi connectivity index (χ4n) is 0.679. The number of hydrogen-bond acceptors (Lipinski definition) is 2. The third kappa shape index (κ3) is 2.55. The Bertz CT molecular complexity index is 262. The zero-order chi connectivity index (χ0) is 7.56. The van der Waals surface area contributed by atoms with Crippen molar-refractivity contribution in [1.82, 2.24) is 4.98 Å². The van der Waals surface area contributed by atoms with Crippen molar-refractivity contribution in [2.45, 2.75) is 6.92 Å². The highest BCUT2D eigenvalue weighted by molar-refractivity contribution is 5.87. The van der Waals surface area contributed by atoms with Gasteiger partial charge in [0.2, 0.25) is 0 Å². The Labute approximate surface area is 70.5 Å². The van der Waals surface area contributed by atoms with E-state index >= 15 is 0 Å². The fraction of sp³-hybridized carbons (Fsp3) is 0.143. The number of carbonyl (C=O) groups is 1. The van der Waals surface area contributed by atoms with Crippen molar-refractivity contribution in [2.75, 3.05) is 0 Å². The van der Waals surface area contributed by atoms with Crippen LogP contribution in [0.3, 0.4) is 0 Å². The molecule has 0 atom stereocenters. The van der Waals surface area contributed by atoms with Crippen LogP contribution in [0.1, 0.15) is 16.1 Å². The second-order valence-corrected chi connectivity index (χ2v) is 1.99. The van der Waals surface area contributed by atoms with E-state index in [9.17, 15) is 4.79 Å². The Morgan fingerprint density at radius 2 is 2.27 bits per heavy atom. The number of aromatic carboxylic acids is 1. The van der Waals surface area contributed by atoms with E-state index < -0.39 is 5.97 Å². The van der Waals surface area contributed by atoms with Gasteiger partial charge in [-0.25, -0.2) is 4.79 Å². The first-order valence-corrected chi connectivity index (χ1v) is 2.86. The predicted octanol–water partition coefficient (Wildman–Crippen LogP) is 1.51. The highest BCUT2D eigenvalue weighted by atomic mass is 35.5. The first-order chi connectivity index (χ1) is 4.70. The number of carboxylic acid groups (broad SMARTS) is 1. The molecule has 60 valence electrons. The van der Waals surface area contributed by atoms with Crippen molar-refractivity contribution in [2.24, 2.45) is 0 Å². The average Bonchev–Trinajstić information content (AvgIpc) is 1.88. The Morgan fingerprint density at radius 3 is 2.64 bits per heavy atom. The molecule has 11 heavy (non-hydrogen) atoms. The summed E-state index contributed by atoms with van der Waals surface area (Å²) in [6.07, 6.45) is 1.48. The molecule has 3 nitrogen and oxygen atoms in total. The van der Waals surface area contributed by atoms with Crippen molar-refractivity contribution >= 4 is 18.4 Å². The minimum absolute atomic E-state index is 0. The molecule has 0 aliphatic carbocycles. The van der Waals surface area contributed by atoms with Crippen LogP contribution < -0.4 is 0 Å². The highest BCUT2D eigenvalue weighted by Gasteiger charge is 2.00. The molecule has 0 aliphatic heterocycles. The van der Waals surface area contributed by atoms with Gasteiger partial charge in [-0.1, -0.05) is 0 Å². The Kier molecular flexibility index (Phi) is 3.54. The monoisotopic (exact) mass is 173 g/mol. The van der Waals surface area contributed by atoms with Gasteiger partial charge in [0.1, 0.15) is 0 Å². The van der Waals surface area contributed by atoms with Gasteiger partial charge in [-0.15, -0.1) is 12.4 Å². The topological polar surface area (TPSA) is 50.2 Å². The van der Waals surface area contributed by atoms with Gasteiger partial charge in [0.15, 0.2) is 0 Å². The lowest BCUT2D eigenvalue weighted by Crippen LogP contribution is -1.96. The minimum atomic E-state index is -0.912. The lowest BCUT2D eigenvalue weighted by Gasteiger charge is -1.92. The zero-order valence-corrected chi connectivity index (χ0v) is 6.76. The van der Waals surface area contributed by atoms with Gasteiger partial charge < -0.3 is 5.11 Å². The number of aryl methyl sites for hydroxylation is 1. The largest absolute Gasteiger partial charge is 0.478 e. The predicted molar refractivity (Wildman–Crippen MR) is 43.2 cm³/mol. The van der Waals surface area contributed by atoms with Gasteiger partial charge in [0.05, 0.1) is 5.56 Å². The number of hydrogen-bond donors (Lipinski definition) is 1. The van der Waals surface area contributed by atoms with E-state index in [2.05, 4.69) is 4.98 Å². The molecule has 1 N–H and O–H groups in total. The third-order valence-corrected chi connectivity index (χ3v) is 1.14. The zero-order valence-electron chi connectivity index (χ0n) is 5.94. The van der Waals surface area contributed by atoms with Gasteiger partial charge in [-0.3, -0.25) is 4.98 Å². The summed E-state index contributed by atoms with van der Waals surface area (Å²) in [4.78, 5) is 14.2. The van der Waals surface area contributed by atoms with Crippen LogP contribution in [0, 0.1) is 6.92 Å². The van der Waals surface area contributed by atoms with Crippen LogP contribution in [-0.2, 0) is 0 Å². The Balaban J connectivity index is 0.000001000. The summed E-state index contributed by atoms with van der Waals surface area (Å²) in [7, 11) is 0. The van der Waals surface area contributed by atoms with Crippen LogP contribution in [0.4, 0.5) is 0 Å². The molecule has 0 radical (unpaired) electrons. The number of carboxylic acids is 1. The molecule has 1 rings (SSSR count). The van der Waals surface area contributed by atoms with E-state index in [-0.39, 0.29) is 18.0 Å². The Hall–Kier alpha value is -1.09. The summed E-state index contributed by atoms with van der Waals surface area (Å²) >= 11 is 0. The van der Waals surface area contributed by atoms with Crippen molar-refractivity contribution in [3.63, 3.8) is 0 Å². The SMILES string of the molecule is Cc1cc(C(=O)O)ccn1.Cl. The first-order valence-electron chi connectivity index (χ1n) is 2.86. The maximum Gasteiger partial charge on any atom is 0.335 e. The summed E-state index contributed by atoms with van der Waals surface area (Å²) in [5.41, 5.74) is 1.01. The molecule has 0 saturated carbocycles. The van der Waals surface area contributed by atoms with Gasteiger partial charge >= 0.3 is 5.97 Å². The number of pyridine rings is 1. The van der Waals surface area contributed by atoms with Crippen LogP contribution >= 0.6 is 12.4 Å². The average molecular weight is 174 g/mol. The Morgan fingerprint density at radius 1 is 1.64 bits per heavy atom.